The van der Waals surface area contributed by atoms with Crippen molar-refractivity contribution < 1.29 is 18.0 Å². The fourth-order valence-electron chi connectivity index (χ4n) is 4.03. The molecule has 2 aromatic carbocycles. The molecular formula is C24H28BrCl2N3O4S. The van der Waals surface area contributed by atoms with Crippen molar-refractivity contribution in [1.82, 2.24) is 10.2 Å². The number of carbonyl (C=O) groups is 2. The molecule has 0 bridgehead atoms. The van der Waals surface area contributed by atoms with Crippen molar-refractivity contribution in [2.75, 3.05) is 17.1 Å². The van der Waals surface area contributed by atoms with Crippen LogP contribution in [0.2, 0.25) is 10.0 Å². The number of benzene rings is 2. The second-order valence-electron chi connectivity index (χ2n) is 8.67. The highest BCUT2D eigenvalue weighted by atomic mass is 79.9. The van der Waals surface area contributed by atoms with E-state index >= 15 is 0 Å². The Morgan fingerprint density at radius 2 is 1.74 bits per heavy atom. The lowest BCUT2D eigenvalue weighted by Crippen LogP contribution is -2.52. The topological polar surface area (TPSA) is 86.8 Å². The average molecular weight is 605 g/mol. The van der Waals surface area contributed by atoms with Gasteiger partial charge < -0.3 is 10.2 Å². The summed E-state index contributed by atoms with van der Waals surface area (Å²) in [7, 11) is -3.78. The van der Waals surface area contributed by atoms with Crippen molar-refractivity contribution in [3.8, 4) is 0 Å². The van der Waals surface area contributed by atoms with Crippen LogP contribution in [0.1, 0.15) is 38.2 Å². The van der Waals surface area contributed by atoms with E-state index in [0.717, 1.165) is 40.7 Å². The first-order valence-corrected chi connectivity index (χ1v) is 14.6. The fraction of sp³-hybridized carbons (Fsp3) is 0.417. The van der Waals surface area contributed by atoms with E-state index in [1.165, 1.54) is 4.90 Å². The predicted molar refractivity (Wildman–Crippen MR) is 143 cm³/mol. The minimum absolute atomic E-state index is 0.0199. The highest BCUT2D eigenvalue weighted by Gasteiger charge is 2.31. The van der Waals surface area contributed by atoms with Crippen LogP contribution in [0.25, 0.3) is 0 Å². The van der Waals surface area contributed by atoms with Crippen molar-refractivity contribution in [3.05, 3.63) is 62.5 Å². The molecule has 2 aromatic rings. The number of carbonyl (C=O) groups excluding carboxylic acids is 2. The van der Waals surface area contributed by atoms with Gasteiger partial charge in [-0.3, -0.25) is 13.9 Å². The van der Waals surface area contributed by atoms with E-state index in [-0.39, 0.29) is 18.5 Å². The number of amides is 2. The van der Waals surface area contributed by atoms with Crippen LogP contribution in [-0.4, -0.2) is 50.0 Å². The van der Waals surface area contributed by atoms with E-state index in [0.29, 0.717) is 21.3 Å². The first kappa shape index (κ1) is 27.8. The molecule has 0 heterocycles. The Hall–Kier alpha value is -1.81. The second kappa shape index (κ2) is 12.0. The summed E-state index contributed by atoms with van der Waals surface area (Å²) in [5, 5.41) is 3.82. The van der Waals surface area contributed by atoms with Crippen LogP contribution in [0, 0.1) is 0 Å². The molecule has 1 aliphatic carbocycles. The molecule has 1 saturated carbocycles. The maximum absolute atomic E-state index is 13.6. The molecule has 1 atom stereocenters. The number of nitrogens with one attached hydrogen (secondary N) is 1. The summed E-state index contributed by atoms with van der Waals surface area (Å²) < 4.78 is 27.0. The van der Waals surface area contributed by atoms with Crippen molar-refractivity contribution in [1.29, 1.82) is 0 Å². The number of hydrogen-bond acceptors (Lipinski definition) is 4. The molecule has 3 rings (SSSR count). The maximum atomic E-state index is 13.6. The monoisotopic (exact) mass is 603 g/mol. The molecular weight excluding hydrogens is 577 g/mol. The summed E-state index contributed by atoms with van der Waals surface area (Å²) >= 11 is 15.7. The van der Waals surface area contributed by atoms with Gasteiger partial charge >= 0.3 is 0 Å². The van der Waals surface area contributed by atoms with Gasteiger partial charge in [0.05, 0.1) is 11.9 Å². The van der Waals surface area contributed by atoms with Gasteiger partial charge in [-0.1, -0.05) is 58.0 Å². The van der Waals surface area contributed by atoms with Gasteiger partial charge in [-0.2, -0.15) is 0 Å². The average Bonchev–Trinajstić information content (AvgIpc) is 3.29. The lowest BCUT2D eigenvalue weighted by molar-refractivity contribution is -0.139. The Balaban J connectivity index is 1.89. The highest BCUT2D eigenvalue weighted by molar-refractivity contribution is 9.10. The Morgan fingerprint density at radius 1 is 1.11 bits per heavy atom. The van der Waals surface area contributed by atoms with Crippen molar-refractivity contribution >= 4 is 66.7 Å². The molecule has 1 aliphatic rings. The number of hydrogen-bond donors (Lipinski definition) is 1. The van der Waals surface area contributed by atoms with Crippen LogP contribution in [0.4, 0.5) is 5.69 Å². The molecule has 190 valence electrons. The van der Waals surface area contributed by atoms with E-state index < -0.39 is 28.5 Å². The van der Waals surface area contributed by atoms with Gasteiger partial charge in [0.2, 0.25) is 21.8 Å². The largest absolute Gasteiger partial charge is 0.352 e. The van der Waals surface area contributed by atoms with Crippen LogP contribution in [0.5, 0.6) is 0 Å². The van der Waals surface area contributed by atoms with E-state index in [2.05, 4.69) is 21.2 Å². The van der Waals surface area contributed by atoms with E-state index in [1.54, 1.807) is 49.4 Å². The normalized spacial score (nSPS) is 15.0. The third kappa shape index (κ3) is 7.59. The number of sulfonamides is 1. The third-order valence-corrected chi connectivity index (χ3v) is 8.27. The van der Waals surface area contributed by atoms with Crippen LogP contribution < -0.4 is 9.62 Å². The third-order valence-electron chi connectivity index (χ3n) is 6.02. The molecule has 11 heteroatoms. The van der Waals surface area contributed by atoms with Gasteiger partial charge in [0, 0.05) is 27.1 Å². The van der Waals surface area contributed by atoms with Gasteiger partial charge in [0.1, 0.15) is 12.6 Å². The summed E-state index contributed by atoms with van der Waals surface area (Å²) in [5.41, 5.74) is 0.941. The van der Waals surface area contributed by atoms with Gasteiger partial charge in [-0.05, 0) is 61.7 Å². The van der Waals surface area contributed by atoms with Gasteiger partial charge in [-0.25, -0.2) is 8.42 Å². The minimum Gasteiger partial charge on any atom is -0.352 e. The van der Waals surface area contributed by atoms with Crippen LogP contribution in [0.15, 0.2) is 46.9 Å². The molecule has 0 aromatic heterocycles. The standard InChI is InChI=1S/C24H28BrCl2N3O4S/c1-16(24(32)28-20-5-3-4-6-20)29(14-17-7-10-19(26)13-22(17)27)23(31)15-30(35(2,33)34)21-11-8-18(25)9-12-21/h7-13,16,20H,3-6,14-15H2,1-2H3,(H,28,32)/t16-/m1/s1. The SMILES string of the molecule is C[C@H](C(=O)NC1CCCC1)N(Cc1ccc(Cl)cc1Cl)C(=O)CN(c1ccc(Br)cc1)S(C)(=O)=O. The summed E-state index contributed by atoms with van der Waals surface area (Å²) in [6, 6.07) is 10.7. The van der Waals surface area contributed by atoms with Gasteiger partial charge in [0.25, 0.3) is 0 Å². The molecule has 0 saturated heterocycles. The smallest absolute Gasteiger partial charge is 0.244 e. The molecule has 0 spiro atoms. The Morgan fingerprint density at radius 3 is 2.31 bits per heavy atom. The Labute approximate surface area is 224 Å². The summed E-state index contributed by atoms with van der Waals surface area (Å²) in [6.45, 7) is 1.19. The minimum atomic E-state index is -3.78. The summed E-state index contributed by atoms with van der Waals surface area (Å²) in [6.07, 6.45) is 4.96. The Bertz CT molecular complexity index is 1170. The van der Waals surface area contributed by atoms with Gasteiger partial charge in [0.15, 0.2) is 0 Å². The zero-order chi connectivity index (χ0) is 25.8. The van der Waals surface area contributed by atoms with Crippen molar-refractivity contribution in [3.63, 3.8) is 0 Å². The maximum Gasteiger partial charge on any atom is 0.244 e. The molecule has 1 N–H and O–H groups in total. The number of nitrogens with zero attached hydrogens (tertiary/aromatic N) is 2. The van der Waals surface area contributed by atoms with E-state index in [9.17, 15) is 18.0 Å². The second-order valence-corrected chi connectivity index (χ2v) is 12.3. The lowest BCUT2D eigenvalue weighted by atomic mass is 10.1. The first-order chi connectivity index (χ1) is 16.5. The van der Waals surface area contributed by atoms with Crippen LogP contribution in [0.3, 0.4) is 0 Å². The first-order valence-electron chi connectivity index (χ1n) is 11.2. The molecule has 7 nitrogen and oxygen atoms in total. The number of rotatable bonds is 9. The molecule has 2 amide bonds. The molecule has 0 aliphatic heterocycles. The van der Waals surface area contributed by atoms with Gasteiger partial charge in [-0.15, -0.1) is 0 Å². The van der Waals surface area contributed by atoms with Crippen molar-refractivity contribution in [2.45, 2.75) is 51.2 Å². The molecule has 0 unspecified atom stereocenters. The fourth-order valence-corrected chi connectivity index (χ4v) is 5.61. The molecule has 0 radical (unpaired) electrons. The number of halogens is 3. The molecule has 35 heavy (non-hydrogen) atoms. The van der Waals surface area contributed by atoms with Crippen LogP contribution in [-0.2, 0) is 26.2 Å². The Kier molecular flexibility index (Phi) is 9.48. The predicted octanol–water partition coefficient (Wildman–Crippen LogP) is 5.00. The van der Waals surface area contributed by atoms with E-state index in [1.807, 2.05) is 0 Å². The summed E-state index contributed by atoms with van der Waals surface area (Å²) in [4.78, 5) is 28.0. The zero-order valence-corrected chi connectivity index (χ0v) is 23.4. The summed E-state index contributed by atoms with van der Waals surface area (Å²) in [5.74, 6) is -0.816. The highest BCUT2D eigenvalue weighted by Crippen LogP contribution is 2.25. The van der Waals surface area contributed by atoms with Crippen molar-refractivity contribution in [2.24, 2.45) is 0 Å². The number of anilines is 1. The van der Waals surface area contributed by atoms with Crippen LogP contribution >= 0.6 is 39.1 Å². The quantitative estimate of drug-likeness (QED) is 0.436. The zero-order valence-electron chi connectivity index (χ0n) is 19.5. The van der Waals surface area contributed by atoms with E-state index in [4.69, 9.17) is 23.2 Å². The molecule has 1 fully saturated rings. The lowest BCUT2D eigenvalue weighted by Gasteiger charge is -2.32.